The minimum Gasteiger partial charge on any atom is -0.370 e. The maximum atomic E-state index is 5.85. The molecular formula is C9H20N4. The van der Waals surface area contributed by atoms with E-state index in [9.17, 15) is 0 Å². The molecule has 0 radical (unpaired) electrons. The topological polar surface area (TPSA) is 90.4 Å². The van der Waals surface area contributed by atoms with Gasteiger partial charge >= 0.3 is 0 Å². The number of nitrogens with two attached hydrogens (primary N) is 3. The number of hydrogen-bond donors (Lipinski definition) is 3. The Hall–Kier alpha value is -1.03. The Morgan fingerprint density at radius 1 is 1.38 bits per heavy atom. The van der Waals surface area contributed by atoms with Gasteiger partial charge in [-0.15, -0.1) is 0 Å². The minimum atomic E-state index is -0.0110. The summed E-state index contributed by atoms with van der Waals surface area (Å²) < 4.78 is 0. The van der Waals surface area contributed by atoms with Gasteiger partial charge in [-0.1, -0.05) is 26.0 Å². The molecule has 76 valence electrons. The van der Waals surface area contributed by atoms with Crippen LogP contribution in [0.15, 0.2) is 17.1 Å². The van der Waals surface area contributed by atoms with Crippen molar-refractivity contribution in [1.29, 1.82) is 0 Å². The van der Waals surface area contributed by atoms with Crippen LogP contribution in [0.3, 0.4) is 0 Å². The zero-order valence-corrected chi connectivity index (χ0v) is 8.46. The van der Waals surface area contributed by atoms with Crippen LogP contribution >= 0.6 is 0 Å². The Balaban J connectivity index is 3.81. The minimum absolute atomic E-state index is 0.0110. The molecule has 13 heavy (non-hydrogen) atoms. The van der Waals surface area contributed by atoms with Gasteiger partial charge < -0.3 is 17.2 Å². The summed E-state index contributed by atoms with van der Waals surface area (Å²) in [5.41, 5.74) is 17.3. The molecule has 4 heteroatoms. The lowest BCUT2D eigenvalue weighted by Gasteiger charge is -2.16. The number of nitrogens with zero attached hydrogens (tertiary/aromatic N) is 1. The Bertz CT molecular complexity index is 192. The van der Waals surface area contributed by atoms with Crippen molar-refractivity contribution in [3.63, 3.8) is 0 Å². The third kappa shape index (κ3) is 5.25. The van der Waals surface area contributed by atoms with Gasteiger partial charge in [0.15, 0.2) is 5.96 Å². The van der Waals surface area contributed by atoms with Gasteiger partial charge in [0.2, 0.25) is 0 Å². The molecule has 0 saturated carbocycles. The van der Waals surface area contributed by atoms with Crippen LogP contribution in [0, 0.1) is 5.92 Å². The molecule has 0 heterocycles. The van der Waals surface area contributed by atoms with Gasteiger partial charge in [0, 0.05) is 12.6 Å². The van der Waals surface area contributed by atoms with Gasteiger partial charge in [-0.2, -0.15) is 0 Å². The summed E-state index contributed by atoms with van der Waals surface area (Å²) in [5.74, 6) is 0.525. The van der Waals surface area contributed by atoms with Crippen LogP contribution in [0.5, 0.6) is 0 Å². The zero-order chi connectivity index (χ0) is 10.4. The fraction of sp³-hybridized carbons (Fsp3) is 0.667. The van der Waals surface area contributed by atoms with Gasteiger partial charge in [0.25, 0.3) is 0 Å². The Kier molecular flexibility index (Phi) is 5.14. The maximum Gasteiger partial charge on any atom is 0.185 e. The fourth-order valence-corrected chi connectivity index (χ4v) is 0.946. The second-order valence-electron chi connectivity index (χ2n) is 3.43. The van der Waals surface area contributed by atoms with E-state index in [1.54, 1.807) is 0 Å². The lowest BCUT2D eigenvalue weighted by Crippen LogP contribution is -2.27. The van der Waals surface area contributed by atoms with E-state index in [4.69, 9.17) is 17.2 Å². The average molecular weight is 184 g/mol. The van der Waals surface area contributed by atoms with E-state index in [0.29, 0.717) is 12.5 Å². The highest BCUT2D eigenvalue weighted by Crippen LogP contribution is 2.12. The summed E-state index contributed by atoms with van der Waals surface area (Å²) in [4.78, 5) is 3.86. The molecule has 1 unspecified atom stereocenters. The number of hydrogen-bond acceptors (Lipinski definition) is 2. The first-order valence-corrected chi connectivity index (χ1v) is 4.44. The van der Waals surface area contributed by atoms with Crippen LogP contribution in [0.4, 0.5) is 0 Å². The SMILES string of the molecule is C=C(C(C)C)C(N)CCN=C(N)N. The van der Waals surface area contributed by atoms with E-state index in [-0.39, 0.29) is 12.0 Å². The fourth-order valence-electron chi connectivity index (χ4n) is 0.946. The second kappa shape index (κ2) is 5.59. The molecule has 0 aromatic heterocycles. The van der Waals surface area contributed by atoms with E-state index in [0.717, 1.165) is 12.0 Å². The van der Waals surface area contributed by atoms with Gasteiger partial charge in [-0.25, -0.2) is 0 Å². The van der Waals surface area contributed by atoms with Crippen LogP contribution in [0.1, 0.15) is 20.3 Å². The first-order valence-electron chi connectivity index (χ1n) is 4.44. The van der Waals surface area contributed by atoms with Crippen molar-refractivity contribution in [2.24, 2.45) is 28.1 Å². The van der Waals surface area contributed by atoms with Crippen LogP contribution in [0.2, 0.25) is 0 Å². The summed E-state index contributed by atoms with van der Waals surface area (Å²) in [5, 5.41) is 0. The van der Waals surface area contributed by atoms with Gasteiger partial charge in [0.05, 0.1) is 0 Å². The van der Waals surface area contributed by atoms with Crippen molar-refractivity contribution < 1.29 is 0 Å². The number of rotatable bonds is 5. The highest BCUT2D eigenvalue weighted by molar-refractivity contribution is 5.75. The lowest BCUT2D eigenvalue weighted by molar-refractivity contribution is 0.614. The third-order valence-electron chi connectivity index (χ3n) is 1.95. The highest BCUT2D eigenvalue weighted by atomic mass is 15.0. The maximum absolute atomic E-state index is 5.85. The van der Waals surface area contributed by atoms with Gasteiger partial charge in [0.1, 0.15) is 0 Å². The molecule has 0 aromatic carbocycles. The van der Waals surface area contributed by atoms with E-state index in [2.05, 4.69) is 25.4 Å². The summed E-state index contributed by atoms with van der Waals surface area (Å²) in [7, 11) is 0. The van der Waals surface area contributed by atoms with Crippen molar-refractivity contribution in [3.05, 3.63) is 12.2 Å². The summed E-state index contributed by atoms with van der Waals surface area (Å²) in [6.07, 6.45) is 0.745. The molecule has 0 rings (SSSR count). The highest BCUT2D eigenvalue weighted by Gasteiger charge is 2.09. The quantitative estimate of drug-likeness (QED) is 0.323. The van der Waals surface area contributed by atoms with Crippen molar-refractivity contribution in [1.82, 2.24) is 0 Å². The van der Waals surface area contributed by atoms with Gasteiger partial charge in [-0.05, 0) is 12.3 Å². The van der Waals surface area contributed by atoms with Crippen molar-refractivity contribution >= 4 is 5.96 Å². The monoisotopic (exact) mass is 184 g/mol. The summed E-state index contributed by atoms with van der Waals surface area (Å²) in [6, 6.07) is -0.0110. The Morgan fingerprint density at radius 3 is 2.31 bits per heavy atom. The van der Waals surface area contributed by atoms with E-state index >= 15 is 0 Å². The number of guanidine groups is 1. The summed E-state index contributed by atoms with van der Waals surface area (Å²) >= 11 is 0. The van der Waals surface area contributed by atoms with Gasteiger partial charge in [-0.3, -0.25) is 4.99 Å². The summed E-state index contributed by atoms with van der Waals surface area (Å²) in [6.45, 7) is 8.62. The predicted molar refractivity (Wildman–Crippen MR) is 57.2 cm³/mol. The lowest BCUT2D eigenvalue weighted by atomic mass is 9.96. The van der Waals surface area contributed by atoms with E-state index in [1.807, 2.05) is 0 Å². The molecule has 0 bridgehead atoms. The molecule has 0 aliphatic rings. The van der Waals surface area contributed by atoms with E-state index in [1.165, 1.54) is 0 Å². The van der Waals surface area contributed by atoms with Crippen LogP contribution < -0.4 is 17.2 Å². The van der Waals surface area contributed by atoms with Crippen LogP contribution in [0.25, 0.3) is 0 Å². The largest absolute Gasteiger partial charge is 0.370 e. The molecule has 0 amide bonds. The first kappa shape index (κ1) is 12.0. The smallest absolute Gasteiger partial charge is 0.185 e. The first-order chi connectivity index (χ1) is 5.95. The molecular weight excluding hydrogens is 164 g/mol. The zero-order valence-electron chi connectivity index (χ0n) is 8.46. The Morgan fingerprint density at radius 2 is 1.92 bits per heavy atom. The average Bonchev–Trinajstić information content (AvgIpc) is 2.02. The molecule has 0 aromatic rings. The third-order valence-corrected chi connectivity index (χ3v) is 1.95. The molecule has 6 N–H and O–H groups in total. The van der Waals surface area contributed by atoms with Crippen LogP contribution in [-0.4, -0.2) is 18.5 Å². The standard InChI is InChI=1S/C9H20N4/c1-6(2)7(3)8(10)4-5-13-9(11)12/h6,8H,3-5,10H2,1-2H3,(H4,11,12,13). The predicted octanol–water partition coefficient (Wildman–Crippen LogP) is 0.189. The van der Waals surface area contributed by atoms with Crippen molar-refractivity contribution in [3.8, 4) is 0 Å². The molecule has 0 saturated heterocycles. The molecule has 0 aliphatic heterocycles. The molecule has 0 spiro atoms. The van der Waals surface area contributed by atoms with Crippen LogP contribution in [-0.2, 0) is 0 Å². The molecule has 4 nitrogen and oxygen atoms in total. The molecule has 0 aliphatic carbocycles. The van der Waals surface area contributed by atoms with Crippen molar-refractivity contribution in [2.45, 2.75) is 26.3 Å². The Labute approximate surface area is 79.9 Å². The second-order valence-corrected chi connectivity index (χ2v) is 3.43. The molecule has 1 atom stereocenters. The normalized spacial score (nSPS) is 12.6. The molecule has 0 fully saturated rings. The number of aliphatic imine (C=N–C) groups is 1. The van der Waals surface area contributed by atoms with E-state index < -0.39 is 0 Å². The van der Waals surface area contributed by atoms with Crippen molar-refractivity contribution in [2.75, 3.05) is 6.54 Å².